The lowest BCUT2D eigenvalue weighted by Gasteiger charge is -2.13. The number of rotatable bonds is 19. The topological polar surface area (TPSA) is 177 Å². The predicted molar refractivity (Wildman–Crippen MR) is 148 cm³/mol. The summed E-state index contributed by atoms with van der Waals surface area (Å²) in [6, 6.07) is 6.37. The highest BCUT2D eigenvalue weighted by molar-refractivity contribution is 5.89. The molecule has 1 aromatic carbocycles. The quantitative estimate of drug-likeness (QED) is 0.0700. The van der Waals surface area contributed by atoms with Crippen molar-refractivity contribution in [1.82, 2.24) is 0 Å². The number of esters is 2. The van der Waals surface area contributed by atoms with Gasteiger partial charge in [-0.05, 0) is 12.5 Å². The number of nitro benzene ring substituents is 1. The first-order valence-corrected chi connectivity index (χ1v) is 14.2. The molecule has 40 heavy (non-hydrogen) atoms. The van der Waals surface area contributed by atoms with E-state index in [9.17, 15) is 19.7 Å². The number of aliphatic hydroxyl groups excluding tert-OH is 4. The Labute approximate surface area is 236 Å². The van der Waals surface area contributed by atoms with Crippen LogP contribution in [0, 0.1) is 10.1 Å². The van der Waals surface area contributed by atoms with Gasteiger partial charge in [0, 0.05) is 12.5 Å². The maximum Gasteiger partial charge on any atom is 0.377 e. The molecule has 0 fully saturated rings. The van der Waals surface area contributed by atoms with Crippen LogP contribution in [0.1, 0.15) is 102 Å². The van der Waals surface area contributed by atoms with Gasteiger partial charge in [0.25, 0.3) is 5.69 Å². The molecule has 2 rings (SSSR count). The van der Waals surface area contributed by atoms with Crippen molar-refractivity contribution in [2.24, 2.45) is 0 Å². The summed E-state index contributed by atoms with van der Waals surface area (Å²) >= 11 is 0. The van der Waals surface area contributed by atoms with Crippen LogP contribution in [-0.2, 0) is 25.7 Å². The first-order chi connectivity index (χ1) is 19.2. The molecule has 0 aliphatic carbocycles. The fourth-order valence-electron chi connectivity index (χ4n) is 4.15. The Balaban J connectivity index is 0.000000552. The van der Waals surface area contributed by atoms with Crippen LogP contribution < -0.4 is 0 Å². The van der Waals surface area contributed by atoms with E-state index in [1.165, 1.54) is 70.3 Å². The smallest absolute Gasteiger partial charge is 0.377 e. The molecule has 0 radical (unpaired) electrons. The van der Waals surface area contributed by atoms with Gasteiger partial charge in [0.05, 0.1) is 17.1 Å². The number of hydrogen-bond donors (Lipinski definition) is 4. The molecule has 4 N–H and O–H groups in total. The van der Waals surface area contributed by atoms with Crippen molar-refractivity contribution in [2.45, 2.75) is 116 Å². The van der Waals surface area contributed by atoms with Crippen LogP contribution in [0.2, 0.25) is 0 Å². The van der Waals surface area contributed by atoms with E-state index < -0.39 is 41.2 Å². The van der Waals surface area contributed by atoms with Gasteiger partial charge >= 0.3 is 11.9 Å². The monoisotopic (exact) mass is 567 g/mol. The number of hydrogen-bond acceptors (Lipinski definition) is 10. The first-order valence-electron chi connectivity index (χ1n) is 14.2. The van der Waals surface area contributed by atoms with Crippen molar-refractivity contribution in [3.8, 4) is 0 Å². The molecule has 0 spiro atoms. The number of unbranched alkanes of at least 4 members (excludes halogenated alkanes) is 12. The van der Waals surface area contributed by atoms with Gasteiger partial charge in [0.1, 0.15) is 12.7 Å². The van der Waals surface area contributed by atoms with Crippen molar-refractivity contribution in [3.05, 3.63) is 51.5 Å². The molecule has 0 saturated heterocycles. The molecule has 0 amide bonds. The van der Waals surface area contributed by atoms with Crippen LogP contribution in [0.3, 0.4) is 0 Å². The lowest BCUT2D eigenvalue weighted by atomic mass is 10.0. The number of cyclic esters (lactones) is 1. The van der Waals surface area contributed by atoms with Crippen LogP contribution in [0.5, 0.6) is 0 Å². The van der Waals surface area contributed by atoms with Gasteiger partial charge in [-0.15, -0.1) is 0 Å². The molecule has 0 aromatic heterocycles. The second-order valence-electron chi connectivity index (χ2n) is 9.85. The standard InChI is InChI=1S/C23H37NO4.C6H8O6/c1-2-3-4-5-6-7-8-9-10-11-12-13-14-19-23(25)28-20-21-17-15-16-18-22(21)24(26)27;7-1-2(8)5-3(9)4(10)6(11)12-5/h15-18H,2-14,19-20H2,1H3;2,5,7-10H,1H2/t;2-,5+/m.0/s1. The second kappa shape index (κ2) is 20.7. The van der Waals surface area contributed by atoms with E-state index in [2.05, 4.69) is 11.7 Å². The number of carbonyl (C=O) groups is 2. The number of para-hydroxylation sites is 1. The molecule has 0 bridgehead atoms. The molecule has 2 atom stereocenters. The van der Waals surface area contributed by atoms with Gasteiger partial charge in [-0.25, -0.2) is 4.79 Å². The van der Waals surface area contributed by atoms with E-state index in [-0.39, 0.29) is 18.3 Å². The van der Waals surface area contributed by atoms with Gasteiger partial charge in [-0.3, -0.25) is 14.9 Å². The van der Waals surface area contributed by atoms with Gasteiger partial charge < -0.3 is 29.9 Å². The third-order valence-electron chi connectivity index (χ3n) is 6.54. The van der Waals surface area contributed by atoms with E-state index in [0.29, 0.717) is 12.0 Å². The molecular formula is C29H45NO10. The summed E-state index contributed by atoms with van der Waals surface area (Å²) in [5.41, 5.74) is 0.433. The van der Waals surface area contributed by atoms with Crippen molar-refractivity contribution in [2.75, 3.05) is 6.61 Å². The summed E-state index contributed by atoms with van der Waals surface area (Å²) < 4.78 is 9.50. The SMILES string of the molecule is CCCCCCCCCCCCCCCC(=O)OCc1ccccc1[N+](=O)[O-].O=C1O[C@H]([C@@H](O)CO)C(O)=C1O. The molecule has 0 unspecified atom stereocenters. The lowest BCUT2D eigenvalue weighted by molar-refractivity contribution is -0.385. The Kier molecular flexibility index (Phi) is 18.0. The molecule has 226 valence electrons. The summed E-state index contributed by atoms with van der Waals surface area (Å²) in [5, 5.41) is 46.0. The van der Waals surface area contributed by atoms with Gasteiger partial charge in [0.2, 0.25) is 5.76 Å². The number of nitrogens with zero attached hydrogens (tertiary/aromatic N) is 1. The summed E-state index contributed by atoms with van der Waals surface area (Å²) in [6.07, 6.45) is 14.1. The van der Waals surface area contributed by atoms with Crippen LogP contribution in [0.25, 0.3) is 0 Å². The number of nitro groups is 1. The maximum absolute atomic E-state index is 11.8. The molecule has 0 saturated carbocycles. The third-order valence-corrected chi connectivity index (χ3v) is 6.54. The van der Waals surface area contributed by atoms with Crippen LogP contribution >= 0.6 is 0 Å². The largest absolute Gasteiger partial charge is 0.505 e. The average molecular weight is 568 g/mol. The third kappa shape index (κ3) is 13.7. The second-order valence-corrected chi connectivity index (χ2v) is 9.85. The van der Waals surface area contributed by atoms with Crippen LogP contribution in [0.15, 0.2) is 35.8 Å². The summed E-state index contributed by atoms with van der Waals surface area (Å²) in [7, 11) is 0. The number of carbonyl (C=O) groups excluding carboxylic acids is 2. The fraction of sp³-hybridized carbons (Fsp3) is 0.655. The Morgan fingerprint density at radius 3 is 1.98 bits per heavy atom. The lowest BCUT2D eigenvalue weighted by Crippen LogP contribution is -2.31. The Morgan fingerprint density at radius 2 is 1.50 bits per heavy atom. The molecule has 1 aliphatic rings. The summed E-state index contributed by atoms with van der Waals surface area (Å²) in [5.74, 6) is -3.06. The zero-order valence-corrected chi connectivity index (χ0v) is 23.5. The maximum atomic E-state index is 11.8. The van der Waals surface area contributed by atoms with Gasteiger partial charge in [-0.1, -0.05) is 96.1 Å². The average Bonchev–Trinajstić information content (AvgIpc) is 3.21. The van der Waals surface area contributed by atoms with Crippen molar-refractivity contribution in [1.29, 1.82) is 0 Å². The summed E-state index contributed by atoms with van der Waals surface area (Å²) in [4.78, 5) is 32.8. The van der Waals surface area contributed by atoms with Crippen molar-refractivity contribution >= 4 is 17.6 Å². The number of aliphatic hydroxyl groups is 4. The Hall–Kier alpha value is -3.18. The van der Waals surface area contributed by atoms with E-state index in [4.69, 9.17) is 25.2 Å². The minimum Gasteiger partial charge on any atom is -0.505 e. The van der Waals surface area contributed by atoms with E-state index in [1.807, 2.05) is 0 Å². The number of benzene rings is 1. The zero-order valence-electron chi connectivity index (χ0n) is 23.5. The van der Waals surface area contributed by atoms with E-state index >= 15 is 0 Å². The fourth-order valence-corrected chi connectivity index (χ4v) is 4.15. The zero-order chi connectivity index (χ0) is 29.8. The van der Waals surface area contributed by atoms with Crippen molar-refractivity contribution in [3.63, 3.8) is 0 Å². The highest BCUT2D eigenvalue weighted by Gasteiger charge is 2.38. The molecule has 1 heterocycles. The first kappa shape index (κ1) is 34.8. The molecule has 1 aromatic rings. The Morgan fingerprint density at radius 1 is 0.975 bits per heavy atom. The molecule has 11 nitrogen and oxygen atoms in total. The van der Waals surface area contributed by atoms with E-state index in [0.717, 1.165) is 19.3 Å². The van der Waals surface area contributed by atoms with Crippen LogP contribution in [0.4, 0.5) is 5.69 Å². The highest BCUT2D eigenvalue weighted by Crippen LogP contribution is 2.21. The normalized spacial score (nSPS) is 15.3. The molecule has 1 aliphatic heterocycles. The van der Waals surface area contributed by atoms with E-state index in [1.54, 1.807) is 18.2 Å². The highest BCUT2D eigenvalue weighted by atomic mass is 16.6. The molecule has 11 heteroatoms. The summed E-state index contributed by atoms with van der Waals surface area (Å²) in [6.45, 7) is 1.55. The van der Waals surface area contributed by atoms with Gasteiger partial charge in [0.15, 0.2) is 11.9 Å². The predicted octanol–water partition coefficient (Wildman–Crippen LogP) is 5.71. The van der Waals surface area contributed by atoms with Crippen LogP contribution in [-0.4, -0.2) is 56.1 Å². The molecular weight excluding hydrogens is 522 g/mol. The number of ether oxygens (including phenoxy) is 2. The minimum absolute atomic E-state index is 0.00346. The van der Waals surface area contributed by atoms with Crippen molar-refractivity contribution < 1.29 is 44.4 Å². The Bertz CT molecular complexity index is 933. The minimum atomic E-state index is -1.42. The van der Waals surface area contributed by atoms with Gasteiger partial charge in [-0.2, -0.15) is 0 Å².